The third kappa shape index (κ3) is 3.83. The lowest BCUT2D eigenvalue weighted by atomic mass is 10.1. The molecule has 0 aliphatic heterocycles. The highest BCUT2D eigenvalue weighted by atomic mass is 32.1. The molecule has 0 aliphatic carbocycles. The zero-order valence-electron chi connectivity index (χ0n) is 11.7. The van der Waals surface area contributed by atoms with Crippen molar-refractivity contribution in [3.8, 4) is 5.88 Å². The van der Waals surface area contributed by atoms with Gasteiger partial charge in [0.2, 0.25) is 5.88 Å². The van der Waals surface area contributed by atoms with Crippen LogP contribution in [-0.2, 0) is 6.54 Å². The lowest BCUT2D eigenvalue weighted by Gasteiger charge is -2.19. The van der Waals surface area contributed by atoms with Gasteiger partial charge in [-0.05, 0) is 5.92 Å². The van der Waals surface area contributed by atoms with Crippen molar-refractivity contribution in [2.45, 2.75) is 26.4 Å². The largest absolute Gasteiger partial charge is 0.480 e. The molecule has 0 saturated carbocycles. The maximum Gasteiger partial charge on any atom is 0.230 e. The first kappa shape index (κ1) is 15.2. The Morgan fingerprint density at radius 1 is 1.44 bits per heavy atom. The Morgan fingerprint density at radius 3 is 2.56 bits per heavy atom. The molecule has 0 aliphatic rings. The number of nitrogens with zero attached hydrogens (tertiary/aromatic N) is 2. The van der Waals surface area contributed by atoms with Gasteiger partial charge in [0.1, 0.15) is 0 Å². The van der Waals surface area contributed by atoms with E-state index in [0.717, 1.165) is 10.0 Å². The fourth-order valence-electron chi connectivity index (χ4n) is 1.52. The minimum Gasteiger partial charge on any atom is -0.480 e. The van der Waals surface area contributed by atoms with Crippen molar-refractivity contribution in [2.24, 2.45) is 5.92 Å². The molecule has 1 heterocycles. The van der Waals surface area contributed by atoms with Gasteiger partial charge in [-0.3, -0.25) is 0 Å². The zero-order valence-corrected chi connectivity index (χ0v) is 12.5. The highest BCUT2D eigenvalue weighted by Gasteiger charge is 2.16. The van der Waals surface area contributed by atoms with E-state index in [1.807, 2.05) is 19.0 Å². The number of nitrogens with one attached hydrogen (secondary N) is 1. The van der Waals surface area contributed by atoms with Crippen LogP contribution in [-0.4, -0.2) is 43.9 Å². The molecule has 1 aromatic rings. The Labute approximate surface area is 113 Å². The minimum absolute atomic E-state index is 0.0969. The van der Waals surface area contributed by atoms with Crippen LogP contribution in [0, 0.1) is 5.92 Å². The van der Waals surface area contributed by atoms with Gasteiger partial charge in [0, 0.05) is 26.7 Å². The molecule has 18 heavy (non-hydrogen) atoms. The summed E-state index contributed by atoms with van der Waals surface area (Å²) in [5.41, 5.74) is 0. The Kier molecular flexibility index (Phi) is 5.84. The number of rotatable bonds is 7. The van der Waals surface area contributed by atoms with Crippen LogP contribution < -0.4 is 15.0 Å². The number of hydrogen-bond acceptors (Lipinski definition) is 6. The van der Waals surface area contributed by atoms with Gasteiger partial charge in [-0.15, -0.1) is 0 Å². The van der Waals surface area contributed by atoms with Crippen molar-refractivity contribution in [3.63, 3.8) is 0 Å². The molecule has 1 rings (SSSR count). The lowest BCUT2D eigenvalue weighted by Crippen LogP contribution is -2.36. The minimum atomic E-state index is 0.0969. The molecule has 1 atom stereocenters. The Hall–Kier alpha value is -0.850. The lowest BCUT2D eigenvalue weighted by molar-refractivity contribution is 0.210. The van der Waals surface area contributed by atoms with Crippen molar-refractivity contribution < 1.29 is 9.84 Å². The molecule has 0 spiro atoms. The number of hydrogen-bond donors (Lipinski definition) is 2. The van der Waals surface area contributed by atoms with Crippen molar-refractivity contribution >= 4 is 16.5 Å². The molecule has 0 saturated heterocycles. The molecule has 0 unspecified atom stereocenters. The van der Waals surface area contributed by atoms with Crippen LogP contribution in [0.4, 0.5) is 5.13 Å². The van der Waals surface area contributed by atoms with E-state index in [0.29, 0.717) is 18.3 Å². The van der Waals surface area contributed by atoms with Crippen molar-refractivity contribution in [1.29, 1.82) is 0 Å². The highest BCUT2D eigenvalue weighted by molar-refractivity contribution is 7.15. The van der Waals surface area contributed by atoms with Crippen LogP contribution >= 0.6 is 11.3 Å². The maximum absolute atomic E-state index is 9.28. The van der Waals surface area contributed by atoms with Gasteiger partial charge in [-0.25, -0.2) is 0 Å². The first-order valence-corrected chi connectivity index (χ1v) is 6.86. The van der Waals surface area contributed by atoms with Crippen molar-refractivity contribution in [2.75, 3.05) is 32.7 Å². The van der Waals surface area contributed by atoms with Gasteiger partial charge in [0.25, 0.3) is 0 Å². The molecule has 0 amide bonds. The van der Waals surface area contributed by atoms with Crippen molar-refractivity contribution in [3.05, 3.63) is 4.88 Å². The predicted octanol–water partition coefficient (Wildman–Crippen LogP) is 1.32. The van der Waals surface area contributed by atoms with E-state index in [9.17, 15) is 5.11 Å². The van der Waals surface area contributed by atoms with Gasteiger partial charge < -0.3 is 20.1 Å². The first-order chi connectivity index (χ1) is 8.49. The summed E-state index contributed by atoms with van der Waals surface area (Å²) in [6.07, 6.45) is 0. The van der Waals surface area contributed by atoms with Crippen LogP contribution in [0.15, 0.2) is 0 Å². The quantitative estimate of drug-likeness (QED) is 0.785. The maximum atomic E-state index is 9.28. The zero-order chi connectivity index (χ0) is 13.7. The molecular formula is C12H23N3O2S. The van der Waals surface area contributed by atoms with E-state index in [-0.39, 0.29) is 12.6 Å². The molecular weight excluding hydrogens is 250 g/mol. The van der Waals surface area contributed by atoms with Gasteiger partial charge >= 0.3 is 0 Å². The normalized spacial score (nSPS) is 12.8. The Bertz CT molecular complexity index is 366. The summed E-state index contributed by atoms with van der Waals surface area (Å²) >= 11 is 1.60. The van der Waals surface area contributed by atoms with Crippen LogP contribution in [0.1, 0.15) is 18.7 Å². The number of methoxy groups -OCH3 is 1. The topological polar surface area (TPSA) is 57.6 Å². The summed E-state index contributed by atoms with van der Waals surface area (Å²) in [7, 11) is 5.55. The number of aliphatic hydroxyl groups excluding tert-OH is 1. The fraction of sp³-hybridized carbons (Fsp3) is 0.750. The van der Waals surface area contributed by atoms with Crippen molar-refractivity contribution in [1.82, 2.24) is 10.3 Å². The first-order valence-electron chi connectivity index (χ1n) is 6.04. The van der Waals surface area contributed by atoms with E-state index in [4.69, 9.17) is 4.74 Å². The van der Waals surface area contributed by atoms with Crippen LogP contribution in [0.25, 0.3) is 0 Å². The summed E-state index contributed by atoms with van der Waals surface area (Å²) < 4.78 is 5.27. The summed E-state index contributed by atoms with van der Waals surface area (Å²) in [4.78, 5) is 7.41. The molecule has 5 nitrogen and oxygen atoms in total. The highest BCUT2D eigenvalue weighted by Crippen LogP contribution is 2.30. The molecule has 1 aromatic heterocycles. The molecule has 0 bridgehead atoms. The average molecular weight is 273 g/mol. The van der Waals surface area contributed by atoms with E-state index < -0.39 is 0 Å². The number of aromatic nitrogens is 1. The van der Waals surface area contributed by atoms with E-state index >= 15 is 0 Å². The Balaban J connectivity index is 2.71. The van der Waals surface area contributed by atoms with Crippen LogP contribution in [0.2, 0.25) is 0 Å². The summed E-state index contributed by atoms with van der Waals surface area (Å²) in [5, 5.41) is 13.5. The molecule has 2 N–H and O–H groups in total. The number of anilines is 1. The average Bonchev–Trinajstić information content (AvgIpc) is 2.73. The van der Waals surface area contributed by atoms with Gasteiger partial charge in [-0.2, -0.15) is 4.98 Å². The van der Waals surface area contributed by atoms with Gasteiger partial charge in [-0.1, -0.05) is 25.2 Å². The third-order valence-corrected chi connectivity index (χ3v) is 3.96. The molecule has 0 aromatic carbocycles. The third-order valence-electron chi connectivity index (χ3n) is 2.75. The molecule has 0 radical (unpaired) electrons. The fourth-order valence-corrected chi connectivity index (χ4v) is 2.43. The second kappa shape index (κ2) is 6.92. The SMILES string of the molecule is COc1nc(N(C)C)sc1CN[C@H](CO)C(C)C. The van der Waals surface area contributed by atoms with Gasteiger partial charge in [0.15, 0.2) is 5.13 Å². The summed E-state index contributed by atoms with van der Waals surface area (Å²) in [6.45, 7) is 4.98. The predicted molar refractivity (Wildman–Crippen MR) is 75.5 cm³/mol. The Morgan fingerprint density at radius 2 is 2.11 bits per heavy atom. The number of aliphatic hydroxyl groups is 1. The second-order valence-electron chi connectivity index (χ2n) is 4.74. The molecule has 0 fully saturated rings. The van der Waals surface area contributed by atoms with E-state index in [1.54, 1.807) is 18.4 Å². The van der Waals surface area contributed by atoms with Crippen LogP contribution in [0.3, 0.4) is 0 Å². The number of thiazole rings is 1. The molecule has 6 heteroatoms. The molecule has 104 valence electrons. The van der Waals surface area contributed by atoms with E-state index in [1.165, 1.54) is 0 Å². The monoisotopic (exact) mass is 273 g/mol. The van der Waals surface area contributed by atoms with Gasteiger partial charge in [0.05, 0.1) is 18.6 Å². The second-order valence-corrected chi connectivity index (χ2v) is 5.80. The smallest absolute Gasteiger partial charge is 0.230 e. The summed E-state index contributed by atoms with van der Waals surface area (Å²) in [5.74, 6) is 1.05. The number of ether oxygens (including phenoxy) is 1. The van der Waals surface area contributed by atoms with E-state index in [2.05, 4.69) is 24.1 Å². The van der Waals surface area contributed by atoms with Crippen LogP contribution in [0.5, 0.6) is 5.88 Å². The summed E-state index contributed by atoms with van der Waals surface area (Å²) in [6, 6.07) is 0.0969. The standard InChI is InChI=1S/C12H23N3O2S/c1-8(2)9(7-16)13-6-10-11(17-5)14-12(18-10)15(3)4/h8-9,13,16H,6-7H2,1-5H3/t9-/m1/s1.